The lowest BCUT2D eigenvalue weighted by Gasteiger charge is -2.36. The van der Waals surface area contributed by atoms with Crippen molar-refractivity contribution in [3.8, 4) is 0 Å². The van der Waals surface area contributed by atoms with Crippen LogP contribution in [0.1, 0.15) is 26.2 Å². The molecule has 1 aliphatic heterocycles. The van der Waals surface area contributed by atoms with E-state index in [2.05, 4.69) is 23.8 Å². The summed E-state index contributed by atoms with van der Waals surface area (Å²) in [5, 5.41) is 0. The summed E-state index contributed by atoms with van der Waals surface area (Å²) in [5.41, 5.74) is 0. The summed E-state index contributed by atoms with van der Waals surface area (Å²) in [5.74, 6) is 1.08. The van der Waals surface area contributed by atoms with Gasteiger partial charge < -0.3 is 4.90 Å². The van der Waals surface area contributed by atoms with Gasteiger partial charge in [-0.05, 0) is 26.3 Å². The summed E-state index contributed by atoms with van der Waals surface area (Å²) in [4.78, 5) is 5.10. The van der Waals surface area contributed by atoms with Gasteiger partial charge in [-0.3, -0.25) is 4.90 Å². The molecule has 0 aromatic carbocycles. The molecule has 1 atom stereocenters. The van der Waals surface area contributed by atoms with Crippen LogP contribution in [0, 0.1) is 5.92 Å². The number of hydrogen-bond acceptors (Lipinski definition) is 2. The first-order valence-electron chi connectivity index (χ1n) is 5.68. The summed E-state index contributed by atoms with van der Waals surface area (Å²) in [6, 6.07) is 0.834. The van der Waals surface area contributed by atoms with Crippen molar-refractivity contribution in [1.82, 2.24) is 9.80 Å². The van der Waals surface area contributed by atoms with E-state index < -0.39 is 0 Å². The Morgan fingerprint density at radius 3 is 2.31 bits per heavy atom. The van der Waals surface area contributed by atoms with E-state index in [9.17, 15) is 0 Å². The zero-order chi connectivity index (χ0) is 9.26. The molecule has 1 saturated carbocycles. The largest absolute Gasteiger partial charge is 0.304 e. The first-order valence-corrected chi connectivity index (χ1v) is 5.68. The zero-order valence-electron chi connectivity index (χ0n) is 9.00. The molecule has 0 aromatic rings. The molecule has 2 nitrogen and oxygen atoms in total. The molecular weight excluding hydrogens is 160 g/mol. The predicted molar refractivity (Wildman–Crippen MR) is 55.9 cm³/mol. The maximum absolute atomic E-state index is 2.66. The molecule has 1 saturated heterocycles. The number of likely N-dealkylation sites (N-methyl/N-ethyl adjacent to an activating group) is 1. The molecule has 76 valence electrons. The van der Waals surface area contributed by atoms with E-state index in [1.165, 1.54) is 45.4 Å². The Hall–Kier alpha value is -0.0800. The molecule has 2 aliphatic rings. The summed E-state index contributed by atoms with van der Waals surface area (Å²) in [6.07, 6.45) is 4.44. The van der Waals surface area contributed by atoms with Crippen molar-refractivity contribution in [2.24, 2.45) is 5.92 Å². The van der Waals surface area contributed by atoms with Crippen molar-refractivity contribution in [3.05, 3.63) is 0 Å². The molecule has 1 aliphatic carbocycles. The molecule has 1 heterocycles. The van der Waals surface area contributed by atoms with Gasteiger partial charge in [-0.1, -0.05) is 12.8 Å². The van der Waals surface area contributed by atoms with Crippen LogP contribution >= 0.6 is 0 Å². The van der Waals surface area contributed by atoms with Crippen molar-refractivity contribution in [2.75, 3.05) is 33.2 Å². The third-order valence-corrected chi connectivity index (χ3v) is 3.53. The van der Waals surface area contributed by atoms with Crippen LogP contribution in [0.25, 0.3) is 0 Å². The van der Waals surface area contributed by atoms with Crippen LogP contribution in [-0.4, -0.2) is 49.1 Å². The van der Waals surface area contributed by atoms with Gasteiger partial charge in [0.05, 0.1) is 0 Å². The van der Waals surface area contributed by atoms with E-state index in [1.54, 1.807) is 0 Å². The quantitative estimate of drug-likeness (QED) is 0.651. The lowest BCUT2D eigenvalue weighted by molar-refractivity contribution is 0.112. The molecule has 0 amide bonds. The van der Waals surface area contributed by atoms with Gasteiger partial charge in [0, 0.05) is 32.2 Å². The highest BCUT2D eigenvalue weighted by atomic mass is 15.3. The highest BCUT2D eigenvalue weighted by Gasteiger charge is 2.27. The Morgan fingerprint density at radius 2 is 1.77 bits per heavy atom. The third-order valence-electron chi connectivity index (χ3n) is 3.53. The normalized spacial score (nSPS) is 29.1. The maximum atomic E-state index is 2.66. The molecule has 0 bridgehead atoms. The highest BCUT2D eigenvalue weighted by Crippen LogP contribution is 2.34. The number of nitrogens with zero attached hydrogens (tertiary/aromatic N) is 2. The average Bonchev–Trinajstić information content (AvgIpc) is 2.89. The minimum Gasteiger partial charge on any atom is -0.304 e. The van der Waals surface area contributed by atoms with Crippen LogP contribution in [0.5, 0.6) is 0 Å². The zero-order valence-corrected chi connectivity index (χ0v) is 9.00. The van der Waals surface area contributed by atoms with Crippen molar-refractivity contribution in [2.45, 2.75) is 32.2 Å². The molecule has 2 heteroatoms. The van der Waals surface area contributed by atoms with Crippen molar-refractivity contribution < 1.29 is 0 Å². The summed E-state index contributed by atoms with van der Waals surface area (Å²) < 4.78 is 0. The molecule has 13 heavy (non-hydrogen) atoms. The number of rotatable bonds is 3. The standard InChI is InChI=1S/C11H22N2/c1-10(9-11-3-4-11)13-7-5-12(2)6-8-13/h10-11H,3-9H2,1-2H3. The molecule has 2 rings (SSSR count). The topological polar surface area (TPSA) is 6.48 Å². The van der Waals surface area contributed by atoms with E-state index in [4.69, 9.17) is 0 Å². The molecule has 0 radical (unpaired) electrons. The van der Waals surface area contributed by atoms with E-state index in [1.807, 2.05) is 0 Å². The van der Waals surface area contributed by atoms with Gasteiger partial charge in [-0.2, -0.15) is 0 Å². The fourth-order valence-corrected chi connectivity index (χ4v) is 2.25. The maximum Gasteiger partial charge on any atom is 0.0113 e. The fraction of sp³-hybridized carbons (Fsp3) is 1.00. The minimum absolute atomic E-state index is 0.834. The lowest BCUT2D eigenvalue weighted by Crippen LogP contribution is -2.48. The van der Waals surface area contributed by atoms with Crippen molar-refractivity contribution in [3.63, 3.8) is 0 Å². The van der Waals surface area contributed by atoms with Crippen LogP contribution in [0.15, 0.2) is 0 Å². The van der Waals surface area contributed by atoms with E-state index >= 15 is 0 Å². The fourth-order valence-electron chi connectivity index (χ4n) is 2.25. The number of hydrogen-bond donors (Lipinski definition) is 0. The monoisotopic (exact) mass is 182 g/mol. The van der Waals surface area contributed by atoms with Crippen LogP contribution < -0.4 is 0 Å². The Bertz CT molecular complexity index is 157. The second-order valence-corrected chi connectivity index (χ2v) is 4.87. The lowest BCUT2D eigenvalue weighted by atomic mass is 10.1. The van der Waals surface area contributed by atoms with Gasteiger partial charge in [0.15, 0.2) is 0 Å². The Morgan fingerprint density at radius 1 is 1.15 bits per heavy atom. The van der Waals surface area contributed by atoms with Gasteiger partial charge in [0.1, 0.15) is 0 Å². The highest BCUT2D eigenvalue weighted by molar-refractivity contribution is 4.81. The molecule has 0 aromatic heterocycles. The van der Waals surface area contributed by atoms with E-state index in [0.29, 0.717) is 0 Å². The van der Waals surface area contributed by atoms with Gasteiger partial charge in [0.2, 0.25) is 0 Å². The second-order valence-electron chi connectivity index (χ2n) is 4.87. The molecule has 2 fully saturated rings. The molecular formula is C11H22N2. The van der Waals surface area contributed by atoms with Gasteiger partial charge in [-0.25, -0.2) is 0 Å². The molecule has 1 unspecified atom stereocenters. The summed E-state index contributed by atoms with van der Waals surface area (Å²) >= 11 is 0. The Labute approximate surface area is 81.9 Å². The predicted octanol–water partition coefficient (Wildman–Crippen LogP) is 1.42. The van der Waals surface area contributed by atoms with Crippen LogP contribution in [0.4, 0.5) is 0 Å². The first kappa shape index (κ1) is 9.47. The third kappa shape index (κ3) is 2.68. The first-order chi connectivity index (χ1) is 6.25. The molecule has 0 N–H and O–H groups in total. The van der Waals surface area contributed by atoms with Crippen LogP contribution in [0.3, 0.4) is 0 Å². The second kappa shape index (κ2) is 3.97. The smallest absolute Gasteiger partial charge is 0.0113 e. The average molecular weight is 182 g/mol. The van der Waals surface area contributed by atoms with Crippen LogP contribution in [0.2, 0.25) is 0 Å². The van der Waals surface area contributed by atoms with E-state index in [-0.39, 0.29) is 0 Å². The molecule has 0 spiro atoms. The Kier molecular flexibility index (Phi) is 2.89. The number of piperazine rings is 1. The van der Waals surface area contributed by atoms with E-state index in [0.717, 1.165) is 12.0 Å². The Balaban J connectivity index is 1.72. The SMILES string of the molecule is CC(CC1CC1)N1CCN(C)CC1. The van der Waals surface area contributed by atoms with Crippen molar-refractivity contribution in [1.29, 1.82) is 0 Å². The minimum atomic E-state index is 0.834. The van der Waals surface area contributed by atoms with Gasteiger partial charge in [0.25, 0.3) is 0 Å². The van der Waals surface area contributed by atoms with Crippen LogP contribution in [-0.2, 0) is 0 Å². The van der Waals surface area contributed by atoms with Gasteiger partial charge in [-0.15, -0.1) is 0 Å². The van der Waals surface area contributed by atoms with Gasteiger partial charge >= 0.3 is 0 Å². The van der Waals surface area contributed by atoms with Crippen molar-refractivity contribution >= 4 is 0 Å². The summed E-state index contributed by atoms with van der Waals surface area (Å²) in [6.45, 7) is 7.49. The summed E-state index contributed by atoms with van der Waals surface area (Å²) in [7, 11) is 2.23.